The Labute approximate surface area is 130 Å². The summed E-state index contributed by atoms with van der Waals surface area (Å²) in [6.07, 6.45) is 0. The van der Waals surface area contributed by atoms with Gasteiger partial charge >= 0.3 is 0 Å². The number of nitrogens with zero attached hydrogens (tertiary/aromatic N) is 1. The zero-order valence-corrected chi connectivity index (χ0v) is 13.2. The molecule has 2 aromatic carbocycles. The predicted molar refractivity (Wildman–Crippen MR) is 87.1 cm³/mol. The van der Waals surface area contributed by atoms with Gasteiger partial charge in [-0.15, -0.1) is 0 Å². The fourth-order valence-electron chi connectivity index (χ4n) is 1.87. The second kappa shape index (κ2) is 6.24. The van der Waals surface area contributed by atoms with Gasteiger partial charge in [-0.05, 0) is 36.8 Å². The SMILES string of the molecule is Cc1ccc(S(=O)(=O)N(Cc2ccccc2)C(N)=S)cc1. The van der Waals surface area contributed by atoms with Gasteiger partial charge in [-0.3, -0.25) is 0 Å². The number of thiocarbonyl (C=S) groups is 1. The van der Waals surface area contributed by atoms with Crippen LogP contribution in [0.4, 0.5) is 0 Å². The van der Waals surface area contributed by atoms with Crippen LogP contribution < -0.4 is 5.73 Å². The van der Waals surface area contributed by atoms with E-state index in [0.29, 0.717) is 0 Å². The molecule has 110 valence electrons. The topological polar surface area (TPSA) is 63.4 Å². The van der Waals surface area contributed by atoms with Crippen molar-refractivity contribution in [2.75, 3.05) is 0 Å². The first-order chi connectivity index (χ1) is 9.91. The Hall–Kier alpha value is -1.92. The molecule has 0 heterocycles. The minimum atomic E-state index is -3.75. The lowest BCUT2D eigenvalue weighted by Crippen LogP contribution is -2.39. The zero-order chi connectivity index (χ0) is 15.5. The van der Waals surface area contributed by atoms with E-state index in [0.717, 1.165) is 15.4 Å². The molecule has 0 unspecified atom stereocenters. The maximum Gasteiger partial charge on any atom is 0.266 e. The Bertz CT molecular complexity index is 726. The summed E-state index contributed by atoms with van der Waals surface area (Å²) in [7, 11) is -3.75. The van der Waals surface area contributed by atoms with Crippen LogP contribution in [0.3, 0.4) is 0 Å². The molecular weight excluding hydrogens is 304 g/mol. The molecule has 0 saturated heterocycles. The first kappa shape index (κ1) is 15.5. The van der Waals surface area contributed by atoms with Gasteiger partial charge in [0.15, 0.2) is 5.11 Å². The molecule has 4 nitrogen and oxygen atoms in total. The van der Waals surface area contributed by atoms with Crippen molar-refractivity contribution in [3.05, 3.63) is 65.7 Å². The van der Waals surface area contributed by atoms with Crippen LogP contribution in [0.5, 0.6) is 0 Å². The van der Waals surface area contributed by atoms with Crippen LogP contribution in [0.25, 0.3) is 0 Å². The molecule has 2 N–H and O–H groups in total. The third-order valence-electron chi connectivity index (χ3n) is 3.02. The van der Waals surface area contributed by atoms with Crippen LogP contribution in [-0.4, -0.2) is 17.8 Å². The van der Waals surface area contributed by atoms with E-state index in [4.69, 9.17) is 18.0 Å². The normalized spacial score (nSPS) is 11.1. The van der Waals surface area contributed by atoms with E-state index in [9.17, 15) is 8.42 Å². The first-order valence-electron chi connectivity index (χ1n) is 6.34. The third-order valence-corrected chi connectivity index (χ3v) is 5.13. The lowest BCUT2D eigenvalue weighted by molar-refractivity contribution is 0.520. The van der Waals surface area contributed by atoms with Crippen LogP contribution in [0.15, 0.2) is 59.5 Å². The van der Waals surface area contributed by atoms with Crippen LogP contribution in [0, 0.1) is 6.92 Å². The maximum atomic E-state index is 12.6. The van der Waals surface area contributed by atoms with Crippen molar-refractivity contribution in [3.63, 3.8) is 0 Å². The van der Waals surface area contributed by atoms with Crippen molar-refractivity contribution in [3.8, 4) is 0 Å². The Morgan fingerprint density at radius 1 is 1.10 bits per heavy atom. The summed E-state index contributed by atoms with van der Waals surface area (Å²) in [6.45, 7) is 2.01. The summed E-state index contributed by atoms with van der Waals surface area (Å²) in [4.78, 5) is 0.178. The summed E-state index contributed by atoms with van der Waals surface area (Å²) in [5.41, 5.74) is 7.42. The molecule has 0 atom stereocenters. The van der Waals surface area contributed by atoms with Crippen molar-refractivity contribution in [1.29, 1.82) is 0 Å². The van der Waals surface area contributed by atoms with E-state index in [1.807, 2.05) is 37.3 Å². The number of rotatable bonds is 4. The van der Waals surface area contributed by atoms with Gasteiger partial charge in [0.05, 0.1) is 11.4 Å². The molecule has 0 radical (unpaired) electrons. The minimum absolute atomic E-state index is 0.117. The van der Waals surface area contributed by atoms with E-state index in [2.05, 4.69) is 0 Å². The standard InChI is InChI=1S/C15H16N2O2S2/c1-12-7-9-14(10-8-12)21(18,19)17(15(16)20)11-13-5-3-2-4-6-13/h2-10H,11H2,1H3,(H2,16,20). The molecule has 0 fully saturated rings. The lowest BCUT2D eigenvalue weighted by Gasteiger charge is -2.22. The molecule has 0 amide bonds. The largest absolute Gasteiger partial charge is 0.375 e. The van der Waals surface area contributed by atoms with E-state index < -0.39 is 10.0 Å². The van der Waals surface area contributed by atoms with E-state index in [-0.39, 0.29) is 16.6 Å². The quantitative estimate of drug-likeness (QED) is 0.879. The zero-order valence-electron chi connectivity index (χ0n) is 11.6. The Kier molecular flexibility index (Phi) is 4.59. The molecule has 2 rings (SSSR count). The highest BCUT2D eigenvalue weighted by Crippen LogP contribution is 2.18. The van der Waals surface area contributed by atoms with Gasteiger partial charge in [-0.25, -0.2) is 12.7 Å². The first-order valence-corrected chi connectivity index (χ1v) is 8.19. The molecule has 0 aliphatic rings. The van der Waals surface area contributed by atoms with Crippen molar-refractivity contribution in [1.82, 2.24) is 4.31 Å². The van der Waals surface area contributed by atoms with Gasteiger partial charge in [0.1, 0.15) is 0 Å². The second-order valence-corrected chi connectivity index (χ2v) is 6.93. The Morgan fingerprint density at radius 2 is 1.67 bits per heavy atom. The molecular formula is C15H16N2O2S2. The van der Waals surface area contributed by atoms with Gasteiger partial charge in [0.25, 0.3) is 10.0 Å². The summed E-state index contributed by atoms with van der Waals surface area (Å²) < 4.78 is 26.3. The number of hydrogen-bond donors (Lipinski definition) is 1. The lowest BCUT2D eigenvalue weighted by atomic mass is 10.2. The van der Waals surface area contributed by atoms with E-state index >= 15 is 0 Å². The van der Waals surface area contributed by atoms with Crippen LogP contribution in [0.2, 0.25) is 0 Å². The fraction of sp³-hybridized carbons (Fsp3) is 0.133. The summed E-state index contributed by atoms with van der Waals surface area (Å²) in [6, 6.07) is 15.8. The van der Waals surface area contributed by atoms with Crippen LogP contribution in [-0.2, 0) is 16.6 Å². The van der Waals surface area contributed by atoms with Gasteiger partial charge in [0, 0.05) is 0 Å². The van der Waals surface area contributed by atoms with Crippen molar-refractivity contribution < 1.29 is 8.42 Å². The van der Waals surface area contributed by atoms with E-state index in [1.165, 1.54) is 0 Å². The average molecular weight is 320 g/mol. The molecule has 2 aromatic rings. The fourth-order valence-corrected chi connectivity index (χ4v) is 3.52. The molecule has 0 spiro atoms. The smallest absolute Gasteiger partial charge is 0.266 e. The van der Waals surface area contributed by atoms with Crippen molar-refractivity contribution in [2.24, 2.45) is 5.73 Å². The van der Waals surface area contributed by atoms with Crippen molar-refractivity contribution >= 4 is 27.4 Å². The predicted octanol–water partition coefficient (Wildman–Crippen LogP) is 2.43. The molecule has 21 heavy (non-hydrogen) atoms. The Balaban J connectivity index is 2.37. The highest BCUT2D eigenvalue weighted by atomic mass is 32.2. The second-order valence-electron chi connectivity index (χ2n) is 4.65. The number of nitrogens with two attached hydrogens (primary N) is 1. The third kappa shape index (κ3) is 3.59. The minimum Gasteiger partial charge on any atom is -0.375 e. The Morgan fingerprint density at radius 3 is 2.19 bits per heavy atom. The van der Waals surface area contributed by atoms with Crippen LogP contribution in [0.1, 0.15) is 11.1 Å². The number of aryl methyl sites for hydroxylation is 1. The monoisotopic (exact) mass is 320 g/mol. The molecule has 0 aromatic heterocycles. The van der Waals surface area contributed by atoms with Crippen molar-refractivity contribution in [2.45, 2.75) is 18.4 Å². The summed E-state index contributed by atoms with van der Waals surface area (Å²) in [5.74, 6) is 0. The number of sulfonamides is 1. The number of hydrogen-bond acceptors (Lipinski definition) is 3. The summed E-state index contributed by atoms with van der Waals surface area (Å²) >= 11 is 4.91. The van der Waals surface area contributed by atoms with Crippen LogP contribution >= 0.6 is 12.2 Å². The van der Waals surface area contributed by atoms with Gasteiger partial charge < -0.3 is 5.73 Å². The van der Waals surface area contributed by atoms with Gasteiger partial charge in [-0.2, -0.15) is 0 Å². The molecule has 0 bridgehead atoms. The van der Waals surface area contributed by atoms with Gasteiger partial charge in [0.2, 0.25) is 0 Å². The van der Waals surface area contributed by atoms with E-state index in [1.54, 1.807) is 24.3 Å². The highest BCUT2D eigenvalue weighted by molar-refractivity contribution is 7.91. The number of benzene rings is 2. The highest BCUT2D eigenvalue weighted by Gasteiger charge is 2.25. The molecule has 0 aliphatic carbocycles. The van der Waals surface area contributed by atoms with Gasteiger partial charge in [-0.1, -0.05) is 48.0 Å². The molecule has 0 saturated carbocycles. The average Bonchev–Trinajstić information content (AvgIpc) is 2.46. The molecule has 6 heteroatoms. The summed E-state index contributed by atoms with van der Waals surface area (Å²) in [5, 5.41) is -0.167. The maximum absolute atomic E-state index is 12.6. The molecule has 0 aliphatic heterocycles.